The highest BCUT2D eigenvalue weighted by Gasteiger charge is 2.19. The average molecular weight is 475 g/mol. The number of nitrogens with zero attached hydrogens (tertiary/aromatic N) is 4. The van der Waals surface area contributed by atoms with Gasteiger partial charge in [0.1, 0.15) is 11.6 Å². The summed E-state index contributed by atoms with van der Waals surface area (Å²) in [7, 11) is 2.05. The first-order valence-electron chi connectivity index (χ1n) is 11.1. The molecule has 35 heavy (non-hydrogen) atoms. The van der Waals surface area contributed by atoms with Gasteiger partial charge in [-0.3, -0.25) is 4.79 Å². The summed E-state index contributed by atoms with van der Waals surface area (Å²) in [6, 6.07) is 11.8. The molecule has 2 heterocycles. The van der Waals surface area contributed by atoms with Crippen LogP contribution in [0.5, 0.6) is 0 Å². The Balaban J connectivity index is 1.66. The van der Waals surface area contributed by atoms with E-state index in [0.29, 0.717) is 33.9 Å². The zero-order valence-electron chi connectivity index (χ0n) is 19.4. The number of nitrogen functional groups attached to an aromatic ring is 1. The lowest BCUT2D eigenvalue weighted by Crippen LogP contribution is -2.44. The summed E-state index contributed by atoms with van der Waals surface area (Å²) < 4.78 is 14.6. The molecule has 2 aromatic carbocycles. The van der Waals surface area contributed by atoms with Crippen LogP contribution in [0.1, 0.15) is 5.56 Å². The molecule has 180 valence electrons. The van der Waals surface area contributed by atoms with Gasteiger partial charge in [-0.05, 0) is 43.5 Å². The maximum Gasteiger partial charge on any atom is 0.247 e. The van der Waals surface area contributed by atoms with E-state index in [9.17, 15) is 9.18 Å². The van der Waals surface area contributed by atoms with Gasteiger partial charge in [-0.25, -0.2) is 9.37 Å². The lowest BCUT2D eigenvalue weighted by Gasteiger charge is -2.34. The Bertz CT molecular complexity index is 1270. The van der Waals surface area contributed by atoms with Crippen molar-refractivity contribution >= 4 is 41.0 Å². The second-order valence-electron chi connectivity index (χ2n) is 8.19. The highest BCUT2D eigenvalue weighted by atomic mass is 19.1. The van der Waals surface area contributed by atoms with Gasteiger partial charge in [-0.15, -0.1) is 0 Å². The second-order valence-corrected chi connectivity index (χ2v) is 8.19. The topological polar surface area (TPSA) is 123 Å². The van der Waals surface area contributed by atoms with Gasteiger partial charge in [-0.1, -0.05) is 18.7 Å². The second kappa shape index (κ2) is 10.3. The monoisotopic (exact) mass is 474 g/mol. The van der Waals surface area contributed by atoms with E-state index in [0.717, 1.165) is 32.4 Å². The van der Waals surface area contributed by atoms with Gasteiger partial charge < -0.3 is 31.6 Å². The molecule has 1 amide bonds. The van der Waals surface area contributed by atoms with E-state index >= 15 is 0 Å². The number of hydrogen-bond donors (Lipinski definition) is 4. The number of nitrogens with two attached hydrogens (primary N) is 1. The first-order valence-corrected chi connectivity index (χ1v) is 11.1. The van der Waals surface area contributed by atoms with Crippen molar-refractivity contribution < 1.29 is 9.18 Å². The van der Waals surface area contributed by atoms with Crippen molar-refractivity contribution in [3.8, 4) is 11.3 Å². The number of rotatable bonds is 7. The molecule has 1 aliphatic rings. The molecule has 0 radical (unpaired) electrons. The molecule has 0 bridgehead atoms. The van der Waals surface area contributed by atoms with E-state index < -0.39 is 0 Å². The minimum absolute atomic E-state index is 0.120. The molecule has 3 aromatic rings. The summed E-state index contributed by atoms with van der Waals surface area (Å²) in [5.74, 6) is -0.306. The fourth-order valence-corrected chi connectivity index (χ4v) is 3.85. The smallest absolute Gasteiger partial charge is 0.247 e. The third-order valence-corrected chi connectivity index (χ3v) is 5.75. The fourth-order valence-electron chi connectivity index (χ4n) is 3.85. The highest BCUT2D eigenvalue weighted by Crippen LogP contribution is 2.30. The van der Waals surface area contributed by atoms with E-state index in [4.69, 9.17) is 11.1 Å². The van der Waals surface area contributed by atoms with Crippen molar-refractivity contribution in [3.63, 3.8) is 0 Å². The Morgan fingerprint density at radius 1 is 1.14 bits per heavy atom. The highest BCUT2D eigenvalue weighted by molar-refractivity contribution is 5.99. The summed E-state index contributed by atoms with van der Waals surface area (Å²) >= 11 is 0. The number of anilines is 5. The first kappa shape index (κ1) is 23.8. The molecule has 1 aliphatic heterocycles. The number of piperazine rings is 1. The Labute approximate surface area is 203 Å². The predicted octanol–water partition coefficient (Wildman–Crippen LogP) is 3.48. The molecule has 0 aliphatic carbocycles. The molecule has 0 unspecified atom stereocenters. The number of hydrogen-bond acceptors (Lipinski definition) is 8. The van der Waals surface area contributed by atoms with Gasteiger partial charge in [-0.2, -0.15) is 4.98 Å². The number of carbonyl (C=O) groups excluding carboxylic acids is 1. The summed E-state index contributed by atoms with van der Waals surface area (Å²) in [6.07, 6.45) is 2.27. The molecular weight excluding hydrogens is 447 g/mol. The third-order valence-electron chi connectivity index (χ3n) is 5.75. The van der Waals surface area contributed by atoms with Crippen molar-refractivity contribution in [2.45, 2.75) is 0 Å². The number of benzene rings is 2. The standard InChI is InChI=1S/C25H27FN8O/c1-3-22(35)29-17-6-4-5-16(13-17)23-19(15-27)24(28)32-25(31-23)30-18-7-8-20(26)21(14-18)34-11-9-33(2)10-12-34/h3-8,13-15,27H,1,9-12H2,2H3,(H,29,35)(H3,28,30,31,32). The summed E-state index contributed by atoms with van der Waals surface area (Å²) in [4.78, 5) is 24.8. The average Bonchev–Trinajstić information content (AvgIpc) is 2.85. The van der Waals surface area contributed by atoms with Crippen molar-refractivity contribution in [3.05, 3.63) is 66.5 Å². The van der Waals surface area contributed by atoms with Crippen molar-refractivity contribution in [2.24, 2.45) is 0 Å². The quantitative estimate of drug-likeness (QED) is 0.305. The van der Waals surface area contributed by atoms with Gasteiger partial charge in [0, 0.05) is 49.3 Å². The molecule has 0 atom stereocenters. The lowest BCUT2D eigenvalue weighted by molar-refractivity contribution is -0.111. The van der Waals surface area contributed by atoms with Crippen molar-refractivity contribution in [2.75, 3.05) is 54.5 Å². The third kappa shape index (κ3) is 5.44. The molecule has 10 heteroatoms. The maximum atomic E-state index is 14.6. The van der Waals surface area contributed by atoms with Gasteiger partial charge in [0.25, 0.3) is 0 Å². The van der Waals surface area contributed by atoms with Gasteiger partial charge in [0.15, 0.2) is 0 Å². The number of nitrogens with one attached hydrogen (secondary N) is 3. The van der Waals surface area contributed by atoms with Crippen LogP contribution < -0.4 is 21.3 Å². The van der Waals surface area contributed by atoms with E-state index in [2.05, 4.69) is 32.1 Å². The number of carbonyl (C=O) groups is 1. The van der Waals surface area contributed by atoms with Crippen molar-refractivity contribution in [1.29, 1.82) is 5.41 Å². The fraction of sp³-hybridized carbons (Fsp3) is 0.200. The zero-order chi connectivity index (χ0) is 24.9. The lowest BCUT2D eigenvalue weighted by atomic mass is 10.1. The molecule has 1 saturated heterocycles. The molecular formula is C25H27FN8O. The molecule has 0 saturated carbocycles. The maximum absolute atomic E-state index is 14.6. The van der Waals surface area contributed by atoms with Crippen molar-refractivity contribution in [1.82, 2.24) is 14.9 Å². The number of likely N-dealkylation sites (N-methyl/N-ethyl adjacent to an activating group) is 1. The van der Waals surface area contributed by atoms with E-state index in [1.807, 2.05) is 11.9 Å². The van der Waals surface area contributed by atoms with Gasteiger partial charge in [0.2, 0.25) is 11.9 Å². The van der Waals surface area contributed by atoms with E-state index in [-0.39, 0.29) is 23.5 Å². The van der Waals surface area contributed by atoms with Crippen LogP contribution in [0.2, 0.25) is 0 Å². The Morgan fingerprint density at radius 2 is 1.91 bits per heavy atom. The minimum Gasteiger partial charge on any atom is -0.383 e. The van der Waals surface area contributed by atoms with E-state index in [1.165, 1.54) is 12.1 Å². The molecule has 9 nitrogen and oxygen atoms in total. The number of aromatic nitrogens is 2. The largest absolute Gasteiger partial charge is 0.383 e. The van der Waals surface area contributed by atoms with Crippen LogP contribution in [0, 0.1) is 11.2 Å². The van der Waals surface area contributed by atoms with Crippen LogP contribution in [0.3, 0.4) is 0 Å². The van der Waals surface area contributed by atoms with Crippen LogP contribution in [0.4, 0.5) is 33.2 Å². The Kier molecular flexibility index (Phi) is 7.02. The predicted molar refractivity (Wildman–Crippen MR) is 138 cm³/mol. The summed E-state index contributed by atoms with van der Waals surface area (Å²) in [5.41, 5.74) is 9.23. The zero-order valence-corrected chi connectivity index (χ0v) is 19.4. The Hall–Kier alpha value is -4.31. The van der Waals surface area contributed by atoms with Crippen LogP contribution >= 0.6 is 0 Å². The van der Waals surface area contributed by atoms with Gasteiger partial charge in [0.05, 0.1) is 16.9 Å². The molecule has 1 fully saturated rings. The SMILES string of the molecule is C=CC(=O)Nc1cccc(-c2nc(Nc3ccc(F)c(N4CCN(C)CC4)c3)nc(N)c2C=N)c1. The number of halogens is 1. The molecule has 4 rings (SSSR count). The van der Waals surface area contributed by atoms with Crippen LogP contribution in [-0.2, 0) is 4.79 Å². The Morgan fingerprint density at radius 3 is 2.63 bits per heavy atom. The molecule has 1 aromatic heterocycles. The normalized spacial score (nSPS) is 13.8. The summed E-state index contributed by atoms with van der Waals surface area (Å²) in [6.45, 7) is 6.64. The number of amides is 1. The molecule has 0 spiro atoms. The minimum atomic E-state index is -0.341. The van der Waals surface area contributed by atoms with E-state index in [1.54, 1.807) is 36.4 Å². The van der Waals surface area contributed by atoms with Crippen LogP contribution in [-0.4, -0.2) is 60.2 Å². The summed E-state index contributed by atoms with van der Waals surface area (Å²) in [5, 5.41) is 13.6. The van der Waals surface area contributed by atoms with Crippen LogP contribution in [0.25, 0.3) is 11.3 Å². The van der Waals surface area contributed by atoms with Crippen LogP contribution in [0.15, 0.2) is 55.1 Å². The first-order chi connectivity index (χ1) is 16.9. The molecule has 5 N–H and O–H groups in total. The van der Waals surface area contributed by atoms with Gasteiger partial charge >= 0.3 is 0 Å².